The molecule has 4 rings (SSSR count). The maximum absolute atomic E-state index is 4.82. The van der Waals surface area contributed by atoms with Crippen LogP contribution in [0.2, 0.25) is 0 Å². The molecule has 0 aliphatic heterocycles. The highest BCUT2D eigenvalue weighted by Gasteiger charge is 2.15. The lowest BCUT2D eigenvalue weighted by Gasteiger charge is -2.14. The van der Waals surface area contributed by atoms with Crippen molar-refractivity contribution in [1.29, 1.82) is 0 Å². The van der Waals surface area contributed by atoms with Crippen LogP contribution < -0.4 is 0 Å². The highest BCUT2D eigenvalue weighted by atomic mass is 15.3. The quantitative estimate of drug-likeness (QED) is 0.802. The Kier molecular flexibility index (Phi) is 3.26. The van der Waals surface area contributed by atoms with Crippen molar-refractivity contribution in [3.05, 3.63) is 53.6 Å². The predicted molar refractivity (Wildman–Crippen MR) is 89.7 cm³/mol. The highest BCUT2D eigenvalue weighted by Crippen LogP contribution is 2.31. The normalized spacial score (nSPS) is 12.8. The third-order valence-electron chi connectivity index (χ3n) is 4.07. The SMILES string of the molecule is CC(C)c1nc(-c2cn[nH]n2)ccc1-c1cnc2c(c1)C=CC2. The molecule has 0 spiro atoms. The van der Waals surface area contributed by atoms with E-state index >= 15 is 0 Å². The van der Waals surface area contributed by atoms with Gasteiger partial charge in [-0.3, -0.25) is 9.97 Å². The molecule has 23 heavy (non-hydrogen) atoms. The summed E-state index contributed by atoms with van der Waals surface area (Å²) in [5, 5.41) is 10.6. The number of hydrogen-bond acceptors (Lipinski definition) is 4. The summed E-state index contributed by atoms with van der Waals surface area (Å²) in [4.78, 5) is 9.41. The van der Waals surface area contributed by atoms with Gasteiger partial charge in [-0.25, -0.2) is 0 Å². The Labute approximate surface area is 134 Å². The lowest BCUT2D eigenvalue weighted by atomic mass is 9.97. The molecule has 5 heteroatoms. The van der Waals surface area contributed by atoms with E-state index < -0.39 is 0 Å². The molecule has 5 nitrogen and oxygen atoms in total. The van der Waals surface area contributed by atoms with Crippen molar-refractivity contribution in [2.45, 2.75) is 26.2 Å². The van der Waals surface area contributed by atoms with Gasteiger partial charge in [-0.1, -0.05) is 32.1 Å². The molecule has 3 aromatic rings. The molecule has 114 valence electrons. The van der Waals surface area contributed by atoms with Crippen LogP contribution in [0.5, 0.6) is 0 Å². The van der Waals surface area contributed by atoms with Crippen LogP contribution in [-0.2, 0) is 6.42 Å². The Balaban J connectivity index is 1.83. The molecule has 0 bridgehead atoms. The van der Waals surface area contributed by atoms with E-state index in [2.05, 4.69) is 58.5 Å². The maximum Gasteiger partial charge on any atom is 0.131 e. The van der Waals surface area contributed by atoms with Crippen LogP contribution in [0.4, 0.5) is 0 Å². The summed E-state index contributed by atoms with van der Waals surface area (Å²) >= 11 is 0. The van der Waals surface area contributed by atoms with Crippen LogP contribution in [0.25, 0.3) is 28.6 Å². The van der Waals surface area contributed by atoms with Crippen LogP contribution in [0.3, 0.4) is 0 Å². The zero-order chi connectivity index (χ0) is 15.8. The monoisotopic (exact) mass is 303 g/mol. The molecule has 0 amide bonds. The van der Waals surface area contributed by atoms with Gasteiger partial charge < -0.3 is 0 Å². The molecule has 3 aromatic heterocycles. The number of aromatic nitrogens is 5. The Morgan fingerprint density at radius 1 is 1.13 bits per heavy atom. The van der Waals surface area contributed by atoms with Crippen molar-refractivity contribution < 1.29 is 0 Å². The lowest BCUT2D eigenvalue weighted by molar-refractivity contribution is 0.826. The van der Waals surface area contributed by atoms with E-state index in [1.807, 2.05) is 12.3 Å². The second kappa shape index (κ2) is 5.43. The molecule has 1 aliphatic carbocycles. The van der Waals surface area contributed by atoms with Crippen LogP contribution in [0.1, 0.15) is 36.7 Å². The van der Waals surface area contributed by atoms with E-state index in [0.717, 1.165) is 40.3 Å². The Bertz CT molecular complexity index is 878. The molecular formula is C18H17N5. The molecule has 3 heterocycles. The minimum Gasteiger partial charge on any atom is -0.260 e. The average molecular weight is 303 g/mol. The summed E-state index contributed by atoms with van der Waals surface area (Å²) in [6, 6.07) is 6.29. The van der Waals surface area contributed by atoms with Crippen molar-refractivity contribution >= 4 is 6.08 Å². The van der Waals surface area contributed by atoms with Crippen molar-refractivity contribution in [3.63, 3.8) is 0 Å². The van der Waals surface area contributed by atoms with Crippen molar-refractivity contribution in [3.8, 4) is 22.5 Å². The van der Waals surface area contributed by atoms with Crippen molar-refractivity contribution in [1.82, 2.24) is 25.4 Å². The predicted octanol–water partition coefficient (Wildman–Crippen LogP) is 3.62. The molecule has 0 radical (unpaired) electrons. The molecule has 0 unspecified atom stereocenters. The zero-order valence-electron chi connectivity index (χ0n) is 13.1. The maximum atomic E-state index is 4.82. The third kappa shape index (κ3) is 2.44. The number of aromatic amines is 1. The summed E-state index contributed by atoms with van der Waals surface area (Å²) in [5.74, 6) is 0.306. The standard InChI is InChI=1S/C18H17N5/c1-11(2)18-14(6-7-16(21-18)17-10-20-23-22-17)13-8-12-4-3-5-15(12)19-9-13/h3-4,6-11H,5H2,1-2H3,(H,20,22,23). The third-order valence-corrected chi connectivity index (χ3v) is 4.07. The molecular weight excluding hydrogens is 286 g/mol. The van der Waals surface area contributed by atoms with E-state index in [1.165, 1.54) is 5.56 Å². The first-order valence-corrected chi connectivity index (χ1v) is 7.75. The first-order chi connectivity index (χ1) is 11.2. The number of nitrogens with one attached hydrogen (secondary N) is 1. The Hall–Kier alpha value is -2.82. The number of fused-ring (bicyclic) bond motifs is 1. The molecule has 0 atom stereocenters. The van der Waals surface area contributed by atoms with Crippen LogP contribution in [-0.4, -0.2) is 25.4 Å². The second-order valence-corrected chi connectivity index (χ2v) is 6.01. The van der Waals surface area contributed by atoms with Gasteiger partial charge in [0.2, 0.25) is 0 Å². The van der Waals surface area contributed by atoms with Gasteiger partial charge in [0.25, 0.3) is 0 Å². The molecule has 0 fully saturated rings. The minimum absolute atomic E-state index is 0.306. The second-order valence-electron chi connectivity index (χ2n) is 6.01. The van der Waals surface area contributed by atoms with Gasteiger partial charge >= 0.3 is 0 Å². The molecule has 0 aromatic carbocycles. The lowest BCUT2D eigenvalue weighted by Crippen LogP contribution is -2.00. The summed E-state index contributed by atoms with van der Waals surface area (Å²) in [5.41, 5.74) is 7.23. The summed E-state index contributed by atoms with van der Waals surface area (Å²) < 4.78 is 0. The van der Waals surface area contributed by atoms with Gasteiger partial charge in [0.05, 0.1) is 23.3 Å². The highest BCUT2D eigenvalue weighted by molar-refractivity contribution is 5.72. The minimum atomic E-state index is 0.306. The van der Waals surface area contributed by atoms with E-state index in [0.29, 0.717) is 5.92 Å². The number of hydrogen-bond donors (Lipinski definition) is 1. The van der Waals surface area contributed by atoms with Gasteiger partial charge in [0.15, 0.2) is 0 Å². The number of nitrogens with zero attached hydrogens (tertiary/aromatic N) is 4. The summed E-state index contributed by atoms with van der Waals surface area (Å²) in [7, 11) is 0. The number of allylic oxidation sites excluding steroid dienone is 1. The Morgan fingerprint density at radius 3 is 2.83 bits per heavy atom. The fourth-order valence-corrected chi connectivity index (χ4v) is 2.90. The molecule has 1 N–H and O–H groups in total. The first kappa shape index (κ1) is 13.8. The molecule has 0 saturated heterocycles. The summed E-state index contributed by atoms with van der Waals surface area (Å²) in [6.07, 6.45) is 8.85. The Morgan fingerprint density at radius 2 is 2.04 bits per heavy atom. The van der Waals surface area contributed by atoms with Crippen LogP contribution >= 0.6 is 0 Å². The largest absolute Gasteiger partial charge is 0.260 e. The fraction of sp³-hybridized carbons (Fsp3) is 0.222. The van der Waals surface area contributed by atoms with Gasteiger partial charge in [-0.05, 0) is 23.6 Å². The number of H-pyrrole nitrogens is 1. The number of pyridine rings is 2. The molecule has 0 saturated carbocycles. The smallest absolute Gasteiger partial charge is 0.131 e. The van der Waals surface area contributed by atoms with E-state index in [1.54, 1.807) is 6.20 Å². The first-order valence-electron chi connectivity index (χ1n) is 7.75. The van der Waals surface area contributed by atoms with E-state index in [4.69, 9.17) is 4.98 Å². The van der Waals surface area contributed by atoms with Gasteiger partial charge in [0, 0.05) is 23.7 Å². The fourth-order valence-electron chi connectivity index (χ4n) is 2.90. The van der Waals surface area contributed by atoms with Gasteiger partial charge in [0.1, 0.15) is 5.69 Å². The van der Waals surface area contributed by atoms with E-state index in [9.17, 15) is 0 Å². The van der Waals surface area contributed by atoms with Crippen LogP contribution in [0.15, 0.2) is 36.7 Å². The van der Waals surface area contributed by atoms with Crippen LogP contribution in [0, 0.1) is 0 Å². The van der Waals surface area contributed by atoms with Crippen molar-refractivity contribution in [2.75, 3.05) is 0 Å². The average Bonchev–Trinajstić information content (AvgIpc) is 3.25. The van der Waals surface area contributed by atoms with Crippen molar-refractivity contribution in [2.24, 2.45) is 0 Å². The molecule has 1 aliphatic rings. The number of rotatable bonds is 3. The zero-order valence-corrected chi connectivity index (χ0v) is 13.1. The topological polar surface area (TPSA) is 67.3 Å². The van der Waals surface area contributed by atoms with Gasteiger partial charge in [-0.2, -0.15) is 15.4 Å². The van der Waals surface area contributed by atoms with E-state index in [-0.39, 0.29) is 0 Å². The summed E-state index contributed by atoms with van der Waals surface area (Å²) in [6.45, 7) is 4.30. The van der Waals surface area contributed by atoms with Gasteiger partial charge in [-0.15, -0.1) is 0 Å².